The quantitative estimate of drug-likeness (QED) is 0.755. The van der Waals surface area contributed by atoms with Gasteiger partial charge in [-0.25, -0.2) is 4.98 Å². The van der Waals surface area contributed by atoms with Gasteiger partial charge in [0.05, 0.1) is 23.3 Å². The molecular weight excluding hydrogens is 190 g/mol. The highest BCUT2D eigenvalue weighted by molar-refractivity contribution is 5.38. The van der Waals surface area contributed by atoms with Crippen molar-refractivity contribution in [3.63, 3.8) is 0 Å². The van der Waals surface area contributed by atoms with Crippen molar-refractivity contribution in [3.8, 4) is 5.82 Å². The van der Waals surface area contributed by atoms with Gasteiger partial charge in [0.2, 0.25) is 0 Å². The van der Waals surface area contributed by atoms with Gasteiger partial charge in [-0.3, -0.25) is 4.98 Å². The third kappa shape index (κ3) is 1.68. The van der Waals surface area contributed by atoms with Crippen LogP contribution in [0.3, 0.4) is 0 Å². The molecule has 0 aliphatic rings. The molecule has 2 aromatic rings. The third-order valence-electron chi connectivity index (χ3n) is 2.26. The summed E-state index contributed by atoms with van der Waals surface area (Å²) in [6.07, 6.45) is 1.67. The number of aromatic nitrogens is 4. The monoisotopic (exact) mass is 203 g/mol. The zero-order valence-electron chi connectivity index (χ0n) is 9.02. The molecule has 0 aliphatic heterocycles. The average Bonchev–Trinajstić information content (AvgIpc) is 2.50. The summed E-state index contributed by atoms with van der Waals surface area (Å²) in [6.45, 7) is 5.73. The zero-order chi connectivity index (χ0) is 11.0. The minimum atomic E-state index is 0.574. The second-order valence-corrected chi connectivity index (χ2v) is 3.52. The molecule has 0 fully saturated rings. The van der Waals surface area contributed by atoms with E-state index in [1.807, 2.05) is 20.8 Å². The van der Waals surface area contributed by atoms with E-state index in [9.17, 15) is 0 Å². The van der Waals surface area contributed by atoms with Crippen LogP contribution in [0.5, 0.6) is 0 Å². The Kier molecular flexibility index (Phi) is 2.15. The summed E-state index contributed by atoms with van der Waals surface area (Å²) in [7, 11) is 0. The van der Waals surface area contributed by atoms with Crippen molar-refractivity contribution in [2.45, 2.75) is 20.8 Å². The molecule has 0 amide bonds. The van der Waals surface area contributed by atoms with Crippen LogP contribution in [0.2, 0.25) is 0 Å². The number of nitrogen functional groups attached to an aromatic ring is 1. The largest absolute Gasteiger partial charge is 0.384 e. The van der Waals surface area contributed by atoms with Crippen LogP contribution in [0, 0.1) is 20.8 Å². The zero-order valence-corrected chi connectivity index (χ0v) is 9.02. The number of aryl methyl sites for hydroxylation is 3. The van der Waals surface area contributed by atoms with Crippen molar-refractivity contribution in [2.75, 3.05) is 5.73 Å². The van der Waals surface area contributed by atoms with Gasteiger partial charge in [0.1, 0.15) is 5.82 Å². The molecule has 0 radical (unpaired) electrons. The Balaban J connectivity index is 2.54. The van der Waals surface area contributed by atoms with E-state index in [2.05, 4.69) is 15.1 Å². The average molecular weight is 203 g/mol. The second kappa shape index (κ2) is 3.34. The standard InChI is InChI=1S/C10H13N5/c1-6-4-9(11)15(14-6)10-5-12-7(2)8(3)13-10/h4-5H,11H2,1-3H3. The predicted octanol–water partition coefficient (Wildman–Crippen LogP) is 1.17. The first-order valence-electron chi connectivity index (χ1n) is 4.70. The number of rotatable bonds is 1. The van der Waals surface area contributed by atoms with E-state index < -0.39 is 0 Å². The van der Waals surface area contributed by atoms with E-state index in [0.29, 0.717) is 11.6 Å². The van der Waals surface area contributed by atoms with Crippen molar-refractivity contribution in [1.82, 2.24) is 19.7 Å². The smallest absolute Gasteiger partial charge is 0.174 e. The summed E-state index contributed by atoms with van der Waals surface area (Å²) < 4.78 is 1.59. The van der Waals surface area contributed by atoms with Gasteiger partial charge in [-0.15, -0.1) is 0 Å². The maximum atomic E-state index is 5.79. The molecule has 0 spiro atoms. The third-order valence-corrected chi connectivity index (χ3v) is 2.26. The fraction of sp³-hybridized carbons (Fsp3) is 0.300. The molecular formula is C10H13N5. The molecule has 0 aromatic carbocycles. The molecule has 0 saturated carbocycles. The molecule has 0 saturated heterocycles. The lowest BCUT2D eigenvalue weighted by Gasteiger charge is -2.04. The molecule has 2 heterocycles. The maximum absolute atomic E-state index is 5.79. The van der Waals surface area contributed by atoms with E-state index in [0.717, 1.165) is 17.1 Å². The summed E-state index contributed by atoms with van der Waals surface area (Å²) >= 11 is 0. The molecule has 0 atom stereocenters. The van der Waals surface area contributed by atoms with Crippen molar-refractivity contribution in [3.05, 3.63) is 29.3 Å². The number of nitrogens with two attached hydrogens (primary N) is 1. The van der Waals surface area contributed by atoms with Gasteiger partial charge < -0.3 is 5.73 Å². The van der Waals surface area contributed by atoms with Gasteiger partial charge in [-0.1, -0.05) is 0 Å². The van der Waals surface area contributed by atoms with Crippen molar-refractivity contribution in [1.29, 1.82) is 0 Å². The SMILES string of the molecule is Cc1cc(N)n(-c2cnc(C)c(C)n2)n1. The van der Waals surface area contributed by atoms with Gasteiger partial charge in [0, 0.05) is 6.07 Å². The number of nitrogens with zero attached hydrogens (tertiary/aromatic N) is 4. The fourth-order valence-electron chi connectivity index (χ4n) is 1.33. The molecule has 0 unspecified atom stereocenters. The highest BCUT2D eigenvalue weighted by Gasteiger charge is 2.06. The van der Waals surface area contributed by atoms with Crippen LogP contribution in [0.4, 0.5) is 5.82 Å². The van der Waals surface area contributed by atoms with Crippen LogP contribution in [0.15, 0.2) is 12.3 Å². The van der Waals surface area contributed by atoms with Gasteiger partial charge in [-0.2, -0.15) is 9.78 Å². The Morgan fingerprint density at radius 3 is 2.47 bits per heavy atom. The molecule has 15 heavy (non-hydrogen) atoms. The molecule has 0 aliphatic carbocycles. The Labute approximate surface area is 88.0 Å². The molecule has 78 valence electrons. The topological polar surface area (TPSA) is 69.6 Å². The highest BCUT2D eigenvalue weighted by Crippen LogP contribution is 2.12. The van der Waals surface area contributed by atoms with Crippen LogP contribution < -0.4 is 5.73 Å². The summed E-state index contributed by atoms with van der Waals surface area (Å²) in [5.74, 6) is 1.23. The van der Waals surface area contributed by atoms with E-state index in [4.69, 9.17) is 5.73 Å². The lowest BCUT2D eigenvalue weighted by molar-refractivity contribution is 0.821. The van der Waals surface area contributed by atoms with Gasteiger partial charge in [0.15, 0.2) is 5.82 Å². The van der Waals surface area contributed by atoms with Crippen LogP contribution in [-0.2, 0) is 0 Å². The Morgan fingerprint density at radius 2 is 1.93 bits per heavy atom. The van der Waals surface area contributed by atoms with E-state index in [-0.39, 0.29) is 0 Å². The molecule has 0 bridgehead atoms. The maximum Gasteiger partial charge on any atom is 0.174 e. The van der Waals surface area contributed by atoms with E-state index >= 15 is 0 Å². The first-order valence-corrected chi connectivity index (χ1v) is 4.70. The molecule has 5 nitrogen and oxygen atoms in total. The molecule has 2 N–H and O–H groups in total. The van der Waals surface area contributed by atoms with Crippen molar-refractivity contribution in [2.24, 2.45) is 0 Å². The first-order chi connectivity index (χ1) is 7.08. The second-order valence-electron chi connectivity index (χ2n) is 3.52. The van der Waals surface area contributed by atoms with Crippen molar-refractivity contribution >= 4 is 5.82 Å². The normalized spacial score (nSPS) is 10.6. The minimum absolute atomic E-state index is 0.574. The lowest BCUT2D eigenvalue weighted by atomic mass is 10.3. The summed E-state index contributed by atoms with van der Waals surface area (Å²) in [5.41, 5.74) is 8.47. The summed E-state index contributed by atoms with van der Waals surface area (Å²) in [4.78, 5) is 8.60. The number of hydrogen-bond acceptors (Lipinski definition) is 4. The van der Waals surface area contributed by atoms with Crippen LogP contribution >= 0.6 is 0 Å². The van der Waals surface area contributed by atoms with Crippen LogP contribution in [0.25, 0.3) is 5.82 Å². The molecule has 2 aromatic heterocycles. The van der Waals surface area contributed by atoms with E-state index in [1.165, 1.54) is 0 Å². The number of hydrogen-bond donors (Lipinski definition) is 1. The Hall–Kier alpha value is -1.91. The van der Waals surface area contributed by atoms with Gasteiger partial charge in [0.25, 0.3) is 0 Å². The predicted molar refractivity (Wildman–Crippen MR) is 57.8 cm³/mol. The molecule has 2 rings (SSSR count). The Morgan fingerprint density at radius 1 is 1.20 bits per heavy atom. The Bertz CT molecular complexity index is 501. The minimum Gasteiger partial charge on any atom is -0.384 e. The lowest BCUT2D eigenvalue weighted by Crippen LogP contribution is -2.06. The van der Waals surface area contributed by atoms with Gasteiger partial charge in [-0.05, 0) is 20.8 Å². The van der Waals surface area contributed by atoms with E-state index in [1.54, 1.807) is 16.9 Å². The van der Waals surface area contributed by atoms with Crippen molar-refractivity contribution < 1.29 is 0 Å². The fourth-order valence-corrected chi connectivity index (χ4v) is 1.33. The first kappa shape index (κ1) is 9.64. The molecule has 5 heteroatoms. The summed E-state index contributed by atoms with van der Waals surface area (Å²) in [6, 6.07) is 1.80. The highest BCUT2D eigenvalue weighted by atomic mass is 15.3. The number of anilines is 1. The van der Waals surface area contributed by atoms with Crippen LogP contribution in [-0.4, -0.2) is 19.7 Å². The summed E-state index contributed by atoms with van der Waals surface area (Å²) in [5, 5.41) is 4.24. The van der Waals surface area contributed by atoms with Gasteiger partial charge >= 0.3 is 0 Å². The van der Waals surface area contributed by atoms with Crippen LogP contribution in [0.1, 0.15) is 17.1 Å².